The molecule has 0 radical (unpaired) electrons. The van der Waals surface area contributed by atoms with E-state index in [1.165, 1.54) is 12.1 Å². The van der Waals surface area contributed by atoms with E-state index in [0.29, 0.717) is 36.7 Å². The van der Waals surface area contributed by atoms with Gasteiger partial charge in [-0.2, -0.15) is 13.2 Å². The van der Waals surface area contributed by atoms with E-state index in [1.54, 1.807) is 6.07 Å². The predicted octanol–water partition coefficient (Wildman–Crippen LogP) is 4.89. The lowest BCUT2D eigenvalue weighted by Gasteiger charge is -2.20. The summed E-state index contributed by atoms with van der Waals surface area (Å²) in [6.45, 7) is 1.91. The van der Waals surface area contributed by atoms with Crippen LogP contribution in [0.5, 0.6) is 17.2 Å². The molecule has 0 amide bonds. The molecule has 0 spiro atoms. The maximum absolute atomic E-state index is 13.4. The molecule has 5 nitrogen and oxygen atoms in total. The summed E-state index contributed by atoms with van der Waals surface area (Å²) in [6, 6.07) is 7.53. The molecular formula is C20H20BrF3N2O3. The van der Waals surface area contributed by atoms with Gasteiger partial charge in [0.25, 0.3) is 0 Å². The number of anilines is 1. The number of rotatable bonds is 5. The number of halogens is 4. The van der Waals surface area contributed by atoms with Crippen molar-refractivity contribution in [1.29, 1.82) is 0 Å². The van der Waals surface area contributed by atoms with Gasteiger partial charge in [-0.25, -0.2) is 0 Å². The third-order valence-corrected chi connectivity index (χ3v) is 5.73. The van der Waals surface area contributed by atoms with Crippen LogP contribution in [0.3, 0.4) is 0 Å². The van der Waals surface area contributed by atoms with Crippen molar-refractivity contribution in [2.24, 2.45) is 0 Å². The Hall–Kier alpha value is -2.13. The van der Waals surface area contributed by atoms with Crippen molar-refractivity contribution in [3.8, 4) is 17.2 Å². The second kappa shape index (κ2) is 7.95. The first kappa shape index (κ1) is 20.2. The van der Waals surface area contributed by atoms with Gasteiger partial charge in [0.15, 0.2) is 11.5 Å². The van der Waals surface area contributed by atoms with Gasteiger partial charge >= 0.3 is 6.18 Å². The van der Waals surface area contributed by atoms with Gasteiger partial charge in [-0.1, -0.05) is 15.9 Å². The molecule has 4 rings (SSSR count). The van der Waals surface area contributed by atoms with E-state index in [9.17, 15) is 13.2 Å². The number of alkyl halides is 3. The Bertz CT molecular complexity index is 907. The zero-order valence-electron chi connectivity index (χ0n) is 15.7. The van der Waals surface area contributed by atoms with Gasteiger partial charge in [-0.15, -0.1) is 0 Å². The molecule has 2 aliphatic rings. The molecule has 0 saturated carbocycles. The zero-order valence-corrected chi connectivity index (χ0v) is 17.3. The minimum absolute atomic E-state index is 0.146. The van der Waals surface area contributed by atoms with Gasteiger partial charge in [-0.3, -0.25) is 0 Å². The molecule has 29 heavy (non-hydrogen) atoms. The Morgan fingerprint density at radius 1 is 1.24 bits per heavy atom. The summed E-state index contributed by atoms with van der Waals surface area (Å²) in [5, 5.41) is 3.16. The van der Waals surface area contributed by atoms with Gasteiger partial charge in [0.05, 0.1) is 5.56 Å². The van der Waals surface area contributed by atoms with Crippen LogP contribution in [0.25, 0.3) is 0 Å². The van der Waals surface area contributed by atoms with Crippen LogP contribution in [0.4, 0.5) is 18.9 Å². The quantitative estimate of drug-likeness (QED) is 0.670. The average molecular weight is 473 g/mol. The molecule has 2 aromatic rings. The normalized spacial score (nSPS) is 18.9. The lowest BCUT2D eigenvalue weighted by molar-refractivity contribution is -0.139. The molecule has 1 saturated heterocycles. The molecule has 2 aromatic carbocycles. The van der Waals surface area contributed by atoms with E-state index in [1.807, 2.05) is 18.0 Å². The third kappa shape index (κ3) is 4.40. The lowest BCUT2D eigenvalue weighted by Crippen LogP contribution is -2.23. The highest BCUT2D eigenvalue weighted by molar-refractivity contribution is 9.10. The summed E-state index contributed by atoms with van der Waals surface area (Å²) in [6.07, 6.45) is -4.04. The summed E-state index contributed by atoms with van der Waals surface area (Å²) in [5.74, 6) is 1.12. The maximum atomic E-state index is 13.4. The zero-order chi connectivity index (χ0) is 20.6. The molecule has 1 fully saturated rings. The molecule has 1 N–H and O–H groups in total. The number of nitrogens with zero attached hydrogens (tertiary/aromatic N) is 1. The minimum Gasteiger partial charge on any atom is -0.488 e. The molecule has 0 unspecified atom stereocenters. The third-order valence-electron chi connectivity index (χ3n) is 4.98. The number of likely N-dealkylation sites (N-methyl/N-ethyl adjacent to an activating group) is 1. The van der Waals surface area contributed by atoms with E-state index in [0.717, 1.165) is 22.6 Å². The number of benzene rings is 2. The van der Waals surface area contributed by atoms with Crippen LogP contribution in [0.15, 0.2) is 34.8 Å². The predicted molar refractivity (Wildman–Crippen MR) is 106 cm³/mol. The fraction of sp³-hybridized carbons (Fsp3) is 0.400. The SMILES string of the molecule is CN1CC[C@@H](Oc2cc(NCc3c(Br)ccc4c3OCO4)ccc2C(F)(F)F)C1. The fourth-order valence-electron chi connectivity index (χ4n) is 3.50. The molecule has 1 atom stereocenters. The van der Waals surface area contributed by atoms with Crippen LogP contribution in [-0.2, 0) is 12.7 Å². The van der Waals surface area contributed by atoms with Crippen molar-refractivity contribution in [3.63, 3.8) is 0 Å². The minimum atomic E-state index is -4.48. The number of hydrogen-bond donors (Lipinski definition) is 1. The Morgan fingerprint density at radius 2 is 2.07 bits per heavy atom. The van der Waals surface area contributed by atoms with Crippen LogP contribution < -0.4 is 19.5 Å². The Labute approximate surface area is 174 Å². The van der Waals surface area contributed by atoms with E-state index < -0.39 is 11.7 Å². The first-order chi connectivity index (χ1) is 13.8. The summed E-state index contributed by atoms with van der Waals surface area (Å²) in [7, 11) is 1.92. The maximum Gasteiger partial charge on any atom is 0.419 e. The monoisotopic (exact) mass is 472 g/mol. The van der Waals surface area contributed by atoms with Gasteiger partial charge in [0.1, 0.15) is 11.9 Å². The molecule has 156 valence electrons. The van der Waals surface area contributed by atoms with Crippen molar-refractivity contribution in [3.05, 3.63) is 45.9 Å². The topological polar surface area (TPSA) is 43.0 Å². The molecule has 0 bridgehead atoms. The largest absolute Gasteiger partial charge is 0.488 e. The summed E-state index contributed by atoms with van der Waals surface area (Å²) in [5.41, 5.74) is 0.596. The number of ether oxygens (including phenoxy) is 3. The van der Waals surface area contributed by atoms with Crippen molar-refractivity contribution < 1.29 is 27.4 Å². The summed E-state index contributed by atoms with van der Waals surface area (Å²) in [4.78, 5) is 2.04. The van der Waals surface area contributed by atoms with Gasteiger partial charge in [0, 0.05) is 41.4 Å². The van der Waals surface area contributed by atoms with Crippen LogP contribution in [-0.4, -0.2) is 37.9 Å². The lowest BCUT2D eigenvalue weighted by atomic mass is 10.1. The van der Waals surface area contributed by atoms with Gasteiger partial charge in [0.2, 0.25) is 6.79 Å². The molecule has 2 heterocycles. The smallest absolute Gasteiger partial charge is 0.419 e. The molecule has 9 heteroatoms. The van der Waals surface area contributed by atoms with E-state index in [4.69, 9.17) is 14.2 Å². The number of nitrogens with one attached hydrogen (secondary N) is 1. The first-order valence-electron chi connectivity index (χ1n) is 9.18. The number of likely N-dealkylation sites (tertiary alicyclic amines) is 1. The molecule has 2 aliphatic heterocycles. The fourth-order valence-corrected chi connectivity index (χ4v) is 3.95. The van der Waals surface area contributed by atoms with Crippen molar-refractivity contribution >= 4 is 21.6 Å². The highest BCUT2D eigenvalue weighted by Gasteiger charge is 2.35. The standard InChI is InChI=1S/C20H20BrF3N2O3/c1-26-7-6-13(10-26)29-18-8-12(2-3-15(18)20(22,23)24)25-9-14-16(21)4-5-17-19(14)28-11-27-17/h2-5,8,13,25H,6-7,9-11H2,1H3/t13-/m1/s1. The van der Waals surface area contributed by atoms with E-state index in [-0.39, 0.29) is 18.6 Å². The van der Waals surface area contributed by atoms with E-state index >= 15 is 0 Å². The Kier molecular flexibility index (Phi) is 5.52. The Balaban J connectivity index is 1.55. The Morgan fingerprint density at radius 3 is 2.79 bits per heavy atom. The number of fused-ring (bicyclic) bond motifs is 1. The molecular weight excluding hydrogens is 453 g/mol. The van der Waals surface area contributed by atoms with Crippen LogP contribution >= 0.6 is 15.9 Å². The highest BCUT2D eigenvalue weighted by Crippen LogP contribution is 2.41. The second-order valence-corrected chi connectivity index (χ2v) is 7.97. The first-order valence-corrected chi connectivity index (χ1v) is 9.98. The van der Waals surface area contributed by atoms with Crippen molar-refractivity contribution in [1.82, 2.24) is 4.90 Å². The van der Waals surface area contributed by atoms with Crippen LogP contribution in [0.2, 0.25) is 0 Å². The summed E-state index contributed by atoms with van der Waals surface area (Å²) < 4.78 is 57.8. The second-order valence-electron chi connectivity index (χ2n) is 7.11. The van der Waals surface area contributed by atoms with Gasteiger partial charge in [-0.05, 0) is 37.7 Å². The number of hydrogen-bond acceptors (Lipinski definition) is 5. The van der Waals surface area contributed by atoms with Crippen LogP contribution in [0.1, 0.15) is 17.5 Å². The van der Waals surface area contributed by atoms with Crippen molar-refractivity contribution in [2.45, 2.75) is 25.2 Å². The van der Waals surface area contributed by atoms with Crippen molar-refractivity contribution in [2.75, 3.05) is 32.2 Å². The molecule has 0 aromatic heterocycles. The van der Waals surface area contributed by atoms with E-state index in [2.05, 4.69) is 21.2 Å². The molecule has 0 aliphatic carbocycles. The average Bonchev–Trinajstić information content (AvgIpc) is 3.29. The van der Waals surface area contributed by atoms with Crippen LogP contribution in [0, 0.1) is 0 Å². The van der Waals surface area contributed by atoms with Gasteiger partial charge < -0.3 is 24.4 Å². The highest BCUT2D eigenvalue weighted by atomic mass is 79.9. The summed E-state index contributed by atoms with van der Waals surface area (Å²) >= 11 is 3.49.